The van der Waals surface area contributed by atoms with Crippen LogP contribution in [0.4, 0.5) is 0 Å². The van der Waals surface area contributed by atoms with Crippen molar-refractivity contribution in [2.45, 2.75) is 5.92 Å². The molecule has 6 heteroatoms. The molecule has 0 amide bonds. The van der Waals surface area contributed by atoms with Crippen LogP contribution in [0.2, 0.25) is 5.02 Å². The van der Waals surface area contributed by atoms with Gasteiger partial charge in [-0.3, -0.25) is 9.59 Å². The SMILES string of the molecule is COC(=O)C(C(=O)OC)c1coc2ccc(Cl)cc12. The zero-order valence-electron chi connectivity index (χ0n) is 10.3. The second-order valence-corrected chi connectivity index (χ2v) is 4.25. The highest BCUT2D eigenvalue weighted by Crippen LogP contribution is 2.31. The van der Waals surface area contributed by atoms with E-state index in [1.54, 1.807) is 18.2 Å². The van der Waals surface area contributed by atoms with E-state index in [-0.39, 0.29) is 0 Å². The maximum Gasteiger partial charge on any atom is 0.324 e. The lowest BCUT2D eigenvalue weighted by atomic mass is 9.99. The number of benzene rings is 1. The molecule has 100 valence electrons. The number of halogens is 1. The van der Waals surface area contributed by atoms with E-state index in [9.17, 15) is 9.59 Å². The van der Waals surface area contributed by atoms with Gasteiger partial charge in [-0.15, -0.1) is 0 Å². The summed E-state index contributed by atoms with van der Waals surface area (Å²) < 4.78 is 14.5. The second kappa shape index (κ2) is 5.32. The number of furan rings is 1. The van der Waals surface area contributed by atoms with E-state index in [1.807, 2.05) is 0 Å². The molecule has 0 aliphatic carbocycles. The quantitative estimate of drug-likeness (QED) is 0.639. The molecule has 0 unspecified atom stereocenters. The maximum absolute atomic E-state index is 11.7. The van der Waals surface area contributed by atoms with E-state index in [2.05, 4.69) is 9.47 Å². The maximum atomic E-state index is 11.7. The van der Waals surface area contributed by atoms with Gasteiger partial charge in [0.2, 0.25) is 0 Å². The van der Waals surface area contributed by atoms with E-state index >= 15 is 0 Å². The summed E-state index contributed by atoms with van der Waals surface area (Å²) in [6, 6.07) is 4.93. The summed E-state index contributed by atoms with van der Waals surface area (Å²) in [5.41, 5.74) is 0.897. The topological polar surface area (TPSA) is 65.7 Å². The van der Waals surface area contributed by atoms with Crippen LogP contribution in [-0.2, 0) is 19.1 Å². The molecule has 0 radical (unpaired) electrons. The molecule has 0 fully saturated rings. The predicted molar refractivity (Wildman–Crippen MR) is 68.0 cm³/mol. The van der Waals surface area contributed by atoms with Crippen molar-refractivity contribution in [1.82, 2.24) is 0 Å². The molecule has 1 heterocycles. The highest BCUT2D eigenvalue weighted by Gasteiger charge is 2.33. The Hall–Kier alpha value is -2.01. The Kier molecular flexibility index (Phi) is 3.76. The number of rotatable bonds is 3. The number of carbonyl (C=O) groups excluding carboxylic acids is 2. The molecular formula is C13H11ClO5. The summed E-state index contributed by atoms with van der Waals surface area (Å²) >= 11 is 5.91. The van der Waals surface area contributed by atoms with Crippen LogP contribution in [0.1, 0.15) is 11.5 Å². The minimum atomic E-state index is -1.19. The molecule has 2 aromatic rings. The Morgan fingerprint density at radius 1 is 1.21 bits per heavy atom. The number of esters is 2. The van der Waals surface area contributed by atoms with Gasteiger partial charge in [0.15, 0.2) is 5.92 Å². The standard InChI is InChI=1S/C13H11ClO5/c1-17-12(15)11(13(16)18-2)9-6-19-10-4-3-7(14)5-8(9)10/h3-6,11H,1-2H3. The molecule has 0 aliphatic heterocycles. The van der Waals surface area contributed by atoms with E-state index < -0.39 is 17.9 Å². The Morgan fingerprint density at radius 2 is 1.84 bits per heavy atom. The van der Waals surface area contributed by atoms with Gasteiger partial charge in [-0.05, 0) is 18.2 Å². The Bertz CT molecular complexity index is 615. The van der Waals surface area contributed by atoms with Crippen molar-refractivity contribution in [3.8, 4) is 0 Å². The molecule has 1 aromatic heterocycles. The molecular weight excluding hydrogens is 272 g/mol. The fraction of sp³-hybridized carbons (Fsp3) is 0.231. The minimum Gasteiger partial charge on any atom is -0.468 e. The Balaban J connectivity index is 2.59. The first-order chi connectivity index (χ1) is 9.08. The van der Waals surface area contributed by atoms with E-state index in [0.29, 0.717) is 21.6 Å². The number of hydrogen-bond acceptors (Lipinski definition) is 5. The number of carbonyl (C=O) groups is 2. The van der Waals surface area contributed by atoms with Gasteiger partial charge in [0, 0.05) is 16.0 Å². The minimum absolute atomic E-state index is 0.371. The Labute approximate surface area is 114 Å². The first-order valence-electron chi connectivity index (χ1n) is 5.40. The smallest absolute Gasteiger partial charge is 0.324 e. The molecule has 0 saturated carbocycles. The van der Waals surface area contributed by atoms with Gasteiger partial charge >= 0.3 is 11.9 Å². The van der Waals surface area contributed by atoms with Gasteiger partial charge in [-0.25, -0.2) is 0 Å². The summed E-state index contributed by atoms with van der Waals surface area (Å²) in [5, 5.41) is 1.05. The first-order valence-corrected chi connectivity index (χ1v) is 5.78. The first kappa shape index (κ1) is 13.4. The number of hydrogen-bond donors (Lipinski definition) is 0. The van der Waals surface area contributed by atoms with Crippen LogP contribution in [0.15, 0.2) is 28.9 Å². The molecule has 0 saturated heterocycles. The second-order valence-electron chi connectivity index (χ2n) is 3.81. The highest BCUT2D eigenvalue weighted by molar-refractivity contribution is 6.31. The number of fused-ring (bicyclic) bond motifs is 1. The van der Waals surface area contributed by atoms with Gasteiger partial charge in [-0.1, -0.05) is 11.6 Å². The molecule has 0 spiro atoms. The van der Waals surface area contributed by atoms with Crippen LogP contribution in [0.5, 0.6) is 0 Å². The largest absolute Gasteiger partial charge is 0.468 e. The lowest BCUT2D eigenvalue weighted by Gasteiger charge is -2.10. The van der Waals surface area contributed by atoms with Crippen molar-refractivity contribution in [3.05, 3.63) is 35.0 Å². The highest BCUT2D eigenvalue weighted by atomic mass is 35.5. The molecule has 1 aromatic carbocycles. The normalized spacial score (nSPS) is 10.7. The van der Waals surface area contributed by atoms with Gasteiger partial charge in [-0.2, -0.15) is 0 Å². The summed E-state index contributed by atoms with van der Waals surface area (Å²) in [5.74, 6) is -2.61. The molecule has 2 rings (SSSR count). The molecule has 0 aliphatic rings. The Morgan fingerprint density at radius 3 is 2.42 bits per heavy atom. The van der Waals surface area contributed by atoms with Crippen LogP contribution in [0, 0.1) is 0 Å². The van der Waals surface area contributed by atoms with E-state index in [1.165, 1.54) is 20.5 Å². The third-order valence-corrected chi connectivity index (χ3v) is 2.99. The lowest BCUT2D eigenvalue weighted by Crippen LogP contribution is -2.24. The van der Waals surface area contributed by atoms with Crippen molar-refractivity contribution in [2.75, 3.05) is 14.2 Å². The fourth-order valence-electron chi connectivity index (χ4n) is 1.83. The average molecular weight is 283 g/mol. The number of methoxy groups -OCH3 is 2. The fourth-order valence-corrected chi connectivity index (χ4v) is 2.00. The third kappa shape index (κ3) is 2.42. The lowest BCUT2D eigenvalue weighted by molar-refractivity contribution is -0.154. The molecule has 0 atom stereocenters. The van der Waals surface area contributed by atoms with E-state index in [0.717, 1.165) is 0 Å². The van der Waals surface area contributed by atoms with Crippen molar-refractivity contribution in [1.29, 1.82) is 0 Å². The van der Waals surface area contributed by atoms with Crippen molar-refractivity contribution < 1.29 is 23.5 Å². The van der Waals surface area contributed by atoms with Gasteiger partial charge in [0.1, 0.15) is 5.58 Å². The summed E-state index contributed by atoms with van der Waals surface area (Å²) in [6.07, 6.45) is 1.33. The zero-order valence-corrected chi connectivity index (χ0v) is 11.1. The average Bonchev–Trinajstić information content (AvgIpc) is 2.81. The summed E-state index contributed by atoms with van der Waals surface area (Å²) in [7, 11) is 2.40. The van der Waals surface area contributed by atoms with Crippen LogP contribution in [-0.4, -0.2) is 26.2 Å². The molecule has 19 heavy (non-hydrogen) atoms. The summed E-state index contributed by atoms with van der Waals surface area (Å²) in [6.45, 7) is 0. The monoisotopic (exact) mass is 282 g/mol. The van der Waals surface area contributed by atoms with Crippen LogP contribution >= 0.6 is 11.6 Å². The van der Waals surface area contributed by atoms with Gasteiger partial charge in [0.25, 0.3) is 0 Å². The van der Waals surface area contributed by atoms with Crippen LogP contribution in [0.25, 0.3) is 11.0 Å². The van der Waals surface area contributed by atoms with Gasteiger partial charge in [0.05, 0.1) is 20.5 Å². The third-order valence-electron chi connectivity index (χ3n) is 2.75. The van der Waals surface area contributed by atoms with Crippen molar-refractivity contribution in [2.24, 2.45) is 0 Å². The molecule has 0 bridgehead atoms. The van der Waals surface area contributed by atoms with Crippen molar-refractivity contribution in [3.63, 3.8) is 0 Å². The van der Waals surface area contributed by atoms with E-state index in [4.69, 9.17) is 16.0 Å². The molecule has 0 N–H and O–H groups in total. The van der Waals surface area contributed by atoms with Crippen LogP contribution in [0.3, 0.4) is 0 Å². The van der Waals surface area contributed by atoms with Crippen LogP contribution < -0.4 is 0 Å². The molecule has 5 nitrogen and oxygen atoms in total. The number of ether oxygens (including phenoxy) is 2. The summed E-state index contributed by atoms with van der Waals surface area (Å²) in [4.78, 5) is 23.5. The predicted octanol–water partition coefficient (Wildman–Crippen LogP) is 2.52. The van der Waals surface area contributed by atoms with Crippen molar-refractivity contribution >= 4 is 34.5 Å². The zero-order chi connectivity index (χ0) is 14.0. The van der Waals surface area contributed by atoms with Gasteiger partial charge < -0.3 is 13.9 Å².